The fourth-order valence-corrected chi connectivity index (χ4v) is 2.16. The van der Waals surface area contributed by atoms with Gasteiger partial charge in [-0.2, -0.15) is 0 Å². The van der Waals surface area contributed by atoms with Crippen molar-refractivity contribution in [2.75, 3.05) is 6.26 Å². The van der Waals surface area contributed by atoms with Crippen molar-refractivity contribution in [2.24, 2.45) is 0 Å². The van der Waals surface area contributed by atoms with Gasteiger partial charge in [0.15, 0.2) is 5.78 Å². The van der Waals surface area contributed by atoms with E-state index in [-0.39, 0.29) is 5.78 Å². The maximum atomic E-state index is 11.6. The van der Waals surface area contributed by atoms with Crippen LogP contribution in [0.15, 0.2) is 11.4 Å². The molecule has 2 rings (SSSR count). The molecule has 4 heteroatoms. The summed E-state index contributed by atoms with van der Waals surface area (Å²) in [6.07, 6.45) is 5.97. The standard InChI is InChI=1S/C9H10N2OS/c1-13-9-8-6(10-5-11-9)3-2-4-7(8)12/h5H,2-4H2,1H3. The van der Waals surface area contributed by atoms with Gasteiger partial charge in [-0.25, -0.2) is 9.97 Å². The number of fused-ring (bicyclic) bond motifs is 1. The molecule has 68 valence electrons. The summed E-state index contributed by atoms with van der Waals surface area (Å²) in [4.78, 5) is 19.8. The van der Waals surface area contributed by atoms with Crippen molar-refractivity contribution in [3.05, 3.63) is 17.6 Å². The summed E-state index contributed by atoms with van der Waals surface area (Å²) in [6.45, 7) is 0. The Bertz CT molecular complexity index is 337. The van der Waals surface area contributed by atoms with Crippen LogP contribution in [-0.2, 0) is 6.42 Å². The molecule has 0 aliphatic heterocycles. The van der Waals surface area contributed by atoms with Crippen LogP contribution < -0.4 is 0 Å². The molecule has 0 spiro atoms. The van der Waals surface area contributed by atoms with E-state index in [1.54, 1.807) is 6.33 Å². The zero-order valence-electron chi connectivity index (χ0n) is 7.41. The molecule has 0 aromatic carbocycles. The number of thioether (sulfide) groups is 1. The fraction of sp³-hybridized carbons (Fsp3) is 0.444. The molecule has 0 bridgehead atoms. The van der Waals surface area contributed by atoms with Crippen LogP contribution in [0.25, 0.3) is 0 Å². The average molecular weight is 194 g/mol. The Morgan fingerprint density at radius 3 is 3.00 bits per heavy atom. The molecular weight excluding hydrogens is 184 g/mol. The lowest BCUT2D eigenvalue weighted by Gasteiger charge is -2.14. The third-order valence-electron chi connectivity index (χ3n) is 2.18. The van der Waals surface area contributed by atoms with Gasteiger partial charge >= 0.3 is 0 Å². The van der Waals surface area contributed by atoms with E-state index in [1.165, 1.54) is 11.8 Å². The lowest BCUT2D eigenvalue weighted by molar-refractivity contribution is 0.0967. The molecular formula is C9H10N2OS. The molecule has 0 saturated heterocycles. The Balaban J connectivity index is 2.56. The maximum Gasteiger partial charge on any atom is 0.167 e. The Kier molecular flexibility index (Phi) is 2.31. The molecule has 1 aromatic rings. The van der Waals surface area contributed by atoms with Crippen molar-refractivity contribution in [3.63, 3.8) is 0 Å². The zero-order valence-corrected chi connectivity index (χ0v) is 8.23. The number of carbonyl (C=O) groups excluding carboxylic acids is 1. The first-order valence-corrected chi connectivity index (χ1v) is 5.46. The average Bonchev–Trinajstić information content (AvgIpc) is 2.17. The van der Waals surface area contributed by atoms with Crippen molar-refractivity contribution < 1.29 is 4.79 Å². The molecule has 1 aliphatic rings. The number of aryl methyl sites for hydroxylation is 1. The SMILES string of the molecule is CSc1ncnc2c1C(=O)CCC2. The molecule has 0 N–H and O–H groups in total. The highest BCUT2D eigenvalue weighted by molar-refractivity contribution is 7.98. The highest BCUT2D eigenvalue weighted by Crippen LogP contribution is 2.26. The molecule has 1 heterocycles. The summed E-state index contributed by atoms with van der Waals surface area (Å²) in [7, 11) is 0. The number of ketones is 1. The van der Waals surface area contributed by atoms with E-state index in [4.69, 9.17) is 0 Å². The zero-order chi connectivity index (χ0) is 9.26. The second-order valence-corrected chi connectivity index (χ2v) is 3.78. The minimum Gasteiger partial charge on any atom is -0.294 e. The second-order valence-electron chi connectivity index (χ2n) is 2.98. The molecule has 1 aromatic heterocycles. The van der Waals surface area contributed by atoms with Crippen LogP contribution in [0.1, 0.15) is 28.9 Å². The van der Waals surface area contributed by atoms with Crippen molar-refractivity contribution in [1.82, 2.24) is 9.97 Å². The second kappa shape index (κ2) is 3.46. The lowest BCUT2D eigenvalue weighted by atomic mass is 9.96. The number of nitrogens with zero attached hydrogens (tertiary/aromatic N) is 2. The van der Waals surface area contributed by atoms with Crippen molar-refractivity contribution in [3.8, 4) is 0 Å². The van der Waals surface area contributed by atoms with E-state index >= 15 is 0 Å². The van der Waals surface area contributed by atoms with E-state index in [2.05, 4.69) is 9.97 Å². The van der Waals surface area contributed by atoms with Gasteiger partial charge in [-0.05, 0) is 19.1 Å². The van der Waals surface area contributed by atoms with Crippen LogP contribution >= 0.6 is 11.8 Å². The summed E-state index contributed by atoms with van der Waals surface area (Å²) in [5, 5.41) is 0.828. The smallest absolute Gasteiger partial charge is 0.167 e. The number of Topliss-reactive ketones (excluding diaryl/α,β-unsaturated/α-hetero) is 1. The van der Waals surface area contributed by atoms with Crippen LogP contribution in [0.4, 0.5) is 0 Å². The van der Waals surface area contributed by atoms with Crippen LogP contribution in [0.3, 0.4) is 0 Å². The summed E-state index contributed by atoms with van der Waals surface area (Å²) >= 11 is 1.52. The number of carbonyl (C=O) groups is 1. The first kappa shape index (κ1) is 8.69. The minimum absolute atomic E-state index is 0.200. The molecule has 0 unspecified atom stereocenters. The van der Waals surface area contributed by atoms with Crippen LogP contribution in [-0.4, -0.2) is 22.0 Å². The van der Waals surface area contributed by atoms with Crippen LogP contribution in [0.2, 0.25) is 0 Å². The molecule has 0 saturated carbocycles. The van der Waals surface area contributed by atoms with Gasteiger partial charge in [0.25, 0.3) is 0 Å². The van der Waals surface area contributed by atoms with E-state index in [1.807, 2.05) is 6.26 Å². The molecule has 0 fully saturated rings. The minimum atomic E-state index is 0.200. The molecule has 0 amide bonds. The van der Waals surface area contributed by atoms with E-state index in [0.29, 0.717) is 6.42 Å². The van der Waals surface area contributed by atoms with Gasteiger partial charge in [0.1, 0.15) is 11.4 Å². The Hall–Kier alpha value is -0.900. The molecule has 13 heavy (non-hydrogen) atoms. The normalized spacial score (nSPS) is 15.6. The third kappa shape index (κ3) is 1.46. The Labute approximate surface area is 81.0 Å². The number of aromatic nitrogens is 2. The van der Waals surface area contributed by atoms with Gasteiger partial charge in [0.2, 0.25) is 0 Å². The summed E-state index contributed by atoms with van der Waals surface area (Å²) in [6, 6.07) is 0. The predicted molar refractivity (Wildman–Crippen MR) is 51.1 cm³/mol. The number of hydrogen-bond acceptors (Lipinski definition) is 4. The summed E-state index contributed by atoms with van der Waals surface area (Å²) in [5.74, 6) is 0.200. The van der Waals surface area contributed by atoms with E-state index < -0.39 is 0 Å². The van der Waals surface area contributed by atoms with E-state index in [9.17, 15) is 4.79 Å². The van der Waals surface area contributed by atoms with Gasteiger partial charge < -0.3 is 0 Å². The van der Waals surface area contributed by atoms with E-state index in [0.717, 1.165) is 29.1 Å². The number of rotatable bonds is 1. The van der Waals surface area contributed by atoms with Crippen molar-refractivity contribution >= 4 is 17.5 Å². The molecule has 0 atom stereocenters. The summed E-state index contributed by atoms with van der Waals surface area (Å²) < 4.78 is 0. The first-order valence-electron chi connectivity index (χ1n) is 4.24. The van der Waals surface area contributed by atoms with Gasteiger partial charge in [-0.15, -0.1) is 11.8 Å². The lowest BCUT2D eigenvalue weighted by Crippen LogP contribution is -2.14. The van der Waals surface area contributed by atoms with Gasteiger partial charge in [0, 0.05) is 6.42 Å². The Morgan fingerprint density at radius 2 is 2.23 bits per heavy atom. The quantitative estimate of drug-likeness (QED) is 0.504. The third-order valence-corrected chi connectivity index (χ3v) is 2.88. The van der Waals surface area contributed by atoms with Gasteiger partial charge in [-0.3, -0.25) is 4.79 Å². The monoisotopic (exact) mass is 194 g/mol. The maximum absolute atomic E-state index is 11.6. The highest BCUT2D eigenvalue weighted by Gasteiger charge is 2.21. The summed E-state index contributed by atoms with van der Waals surface area (Å²) in [5.41, 5.74) is 1.69. The van der Waals surface area contributed by atoms with Crippen LogP contribution in [0, 0.1) is 0 Å². The van der Waals surface area contributed by atoms with Gasteiger partial charge in [-0.1, -0.05) is 0 Å². The first-order chi connectivity index (χ1) is 6.33. The van der Waals surface area contributed by atoms with Gasteiger partial charge in [0.05, 0.1) is 11.3 Å². The molecule has 1 aliphatic carbocycles. The molecule has 0 radical (unpaired) electrons. The topological polar surface area (TPSA) is 42.9 Å². The van der Waals surface area contributed by atoms with Crippen molar-refractivity contribution in [2.45, 2.75) is 24.3 Å². The Morgan fingerprint density at radius 1 is 1.38 bits per heavy atom. The fourth-order valence-electron chi connectivity index (χ4n) is 1.57. The number of hydrogen-bond donors (Lipinski definition) is 0. The van der Waals surface area contributed by atoms with Crippen LogP contribution in [0.5, 0.6) is 0 Å². The highest BCUT2D eigenvalue weighted by atomic mass is 32.2. The largest absolute Gasteiger partial charge is 0.294 e. The van der Waals surface area contributed by atoms with Crippen molar-refractivity contribution in [1.29, 1.82) is 0 Å². The predicted octanol–water partition coefficient (Wildman–Crippen LogP) is 1.72. The molecule has 3 nitrogen and oxygen atoms in total.